The Hall–Kier alpha value is -1.53. The number of carbonyl (C=O) groups is 1. The number of rotatable bonds is 6. The molecule has 0 unspecified atom stereocenters. The zero-order valence-electron chi connectivity index (χ0n) is 12.9. The van der Waals surface area contributed by atoms with Gasteiger partial charge in [-0.15, -0.1) is 11.3 Å². The molecular formula is C15H20N2O3S. The van der Waals surface area contributed by atoms with Crippen molar-refractivity contribution in [3.63, 3.8) is 0 Å². The molecule has 0 aromatic carbocycles. The molecule has 0 bridgehead atoms. The maximum Gasteiger partial charge on any atom is 0.262 e. The Morgan fingerprint density at radius 3 is 2.71 bits per heavy atom. The second kappa shape index (κ2) is 6.49. The van der Waals surface area contributed by atoms with Gasteiger partial charge in [-0.25, -0.2) is 4.98 Å². The smallest absolute Gasteiger partial charge is 0.262 e. The summed E-state index contributed by atoms with van der Waals surface area (Å²) in [7, 11) is 1.62. The molecule has 2 heterocycles. The number of ether oxygens (including phenoxy) is 1. The normalized spacial score (nSPS) is 11.2. The van der Waals surface area contributed by atoms with Crippen molar-refractivity contribution in [1.82, 2.24) is 9.55 Å². The number of aryl methyl sites for hydroxylation is 2. The molecule has 0 amide bonds. The fraction of sp³-hybridized carbons (Fsp3) is 0.533. The van der Waals surface area contributed by atoms with Crippen molar-refractivity contribution in [3.05, 3.63) is 26.6 Å². The van der Waals surface area contributed by atoms with E-state index in [0.29, 0.717) is 37.2 Å². The van der Waals surface area contributed by atoms with E-state index in [1.54, 1.807) is 23.0 Å². The number of carbonyl (C=O) groups excluding carboxylic acids is 1. The highest BCUT2D eigenvalue weighted by molar-refractivity contribution is 7.18. The number of thiophene rings is 1. The summed E-state index contributed by atoms with van der Waals surface area (Å²) in [6.45, 7) is 6.36. The summed E-state index contributed by atoms with van der Waals surface area (Å²) >= 11 is 1.54. The standard InChI is InChI=1S/C15H20N2O3S/c1-9(18)5-7-17-12(6-8-20-4)16-14-13(15(17)19)10(2)11(3)21-14/h5-8H2,1-4H3. The number of nitrogens with zero attached hydrogens (tertiary/aromatic N) is 2. The Bertz CT molecular complexity index is 731. The molecule has 0 aliphatic carbocycles. The quantitative estimate of drug-likeness (QED) is 0.821. The number of Topliss-reactive ketones (excluding diaryl/α,β-unsaturated/α-hetero) is 1. The van der Waals surface area contributed by atoms with Crippen LogP contribution in [0.1, 0.15) is 29.6 Å². The molecule has 2 aromatic rings. The highest BCUT2D eigenvalue weighted by Gasteiger charge is 2.16. The lowest BCUT2D eigenvalue weighted by Crippen LogP contribution is -2.27. The summed E-state index contributed by atoms with van der Waals surface area (Å²) in [6, 6.07) is 0. The van der Waals surface area contributed by atoms with E-state index < -0.39 is 0 Å². The molecule has 0 fully saturated rings. The van der Waals surface area contributed by atoms with Crippen LogP contribution in [0.2, 0.25) is 0 Å². The second-order valence-corrected chi connectivity index (χ2v) is 6.35. The van der Waals surface area contributed by atoms with Crippen molar-refractivity contribution >= 4 is 27.3 Å². The number of hydrogen-bond donors (Lipinski definition) is 0. The van der Waals surface area contributed by atoms with Gasteiger partial charge in [0.2, 0.25) is 0 Å². The van der Waals surface area contributed by atoms with Crippen LogP contribution in [0.15, 0.2) is 4.79 Å². The Labute approximate surface area is 127 Å². The van der Waals surface area contributed by atoms with Gasteiger partial charge >= 0.3 is 0 Å². The molecule has 21 heavy (non-hydrogen) atoms. The van der Waals surface area contributed by atoms with Crippen molar-refractivity contribution in [2.24, 2.45) is 0 Å². The number of hydrogen-bond acceptors (Lipinski definition) is 5. The molecular weight excluding hydrogens is 288 g/mol. The molecule has 0 N–H and O–H groups in total. The number of ketones is 1. The first-order valence-electron chi connectivity index (χ1n) is 6.93. The summed E-state index contributed by atoms with van der Waals surface area (Å²) in [4.78, 5) is 30.5. The van der Waals surface area contributed by atoms with Gasteiger partial charge in [-0.3, -0.25) is 14.2 Å². The van der Waals surface area contributed by atoms with Crippen LogP contribution in [0.5, 0.6) is 0 Å². The molecule has 2 rings (SSSR count). The lowest BCUT2D eigenvalue weighted by atomic mass is 10.2. The minimum Gasteiger partial charge on any atom is -0.384 e. The van der Waals surface area contributed by atoms with Crippen LogP contribution in [-0.4, -0.2) is 29.1 Å². The van der Waals surface area contributed by atoms with E-state index in [1.165, 1.54) is 6.92 Å². The second-order valence-electron chi connectivity index (χ2n) is 5.14. The van der Waals surface area contributed by atoms with Gasteiger partial charge in [-0.05, 0) is 26.3 Å². The summed E-state index contributed by atoms with van der Waals surface area (Å²) in [6.07, 6.45) is 0.908. The van der Waals surface area contributed by atoms with E-state index in [2.05, 4.69) is 4.98 Å². The van der Waals surface area contributed by atoms with E-state index in [1.807, 2.05) is 13.8 Å². The van der Waals surface area contributed by atoms with E-state index >= 15 is 0 Å². The molecule has 0 spiro atoms. The molecule has 2 aromatic heterocycles. The van der Waals surface area contributed by atoms with Crippen LogP contribution in [0.25, 0.3) is 10.2 Å². The van der Waals surface area contributed by atoms with Crippen LogP contribution >= 0.6 is 11.3 Å². The number of fused-ring (bicyclic) bond motifs is 1. The molecule has 0 aliphatic rings. The van der Waals surface area contributed by atoms with Gasteiger partial charge in [0.1, 0.15) is 16.4 Å². The number of aromatic nitrogens is 2. The van der Waals surface area contributed by atoms with Gasteiger partial charge in [0.15, 0.2) is 0 Å². The molecule has 6 heteroatoms. The predicted octanol–water partition coefficient (Wildman–Crippen LogP) is 2.24. The molecule has 0 aliphatic heterocycles. The largest absolute Gasteiger partial charge is 0.384 e. The van der Waals surface area contributed by atoms with Gasteiger partial charge in [0, 0.05) is 31.4 Å². The highest BCUT2D eigenvalue weighted by atomic mass is 32.1. The Morgan fingerprint density at radius 2 is 2.10 bits per heavy atom. The van der Waals surface area contributed by atoms with Crippen LogP contribution in [0, 0.1) is 13.8 Å². The topological polar surface area (TPSA) is 61.2 Å². The first kappa shape index (κ1) is 15.9. The lowest BCUT2D eigenvalue weighted by molar-refractivity contribution is -0.117. The molecule has 0 saturated carbocycles. The third-order valence-corrected chi connectivity index (χ3v) is 4.69. The van der Waals surface area contributed by atoms with Gasteiger partial charge in [0.05, 0.1) is 12.0 Å². The van der Waals surface area contributed by atoms with E-state index in [0.717, 1.165) is 15.3 Å². The van der Waals surface area contributed by atoms with Crippen molar-refractivity contribution < 1.29 is 9.53 Å². The third-order valence-electron chi connectivity index (χ3n) is 3.59. The van der Waals surface area contributed by atoms with Gasteiger partial charge < -0.3 is 4.74 Å². The summed E-state index contributed by atoms with van der Waals surface area (Å²) in [5.41, 5.74) is 0.941. The van der Waals surface area contributed by atoms with Crippen LogP contribution in [0.3, 0.4) is 0 Å². The summed E-state index contributed by atoms with van der Waals surface area (Å²) < 4.78 is 6.72. The molecule has 0 saturated heterocycles. The lowest BCUT2D eigenvalue weighted by Gasteiger charge is -2.11. The first-order chi connectivity index (χ1) is 9.95. The van der Waals surface area contributed by atoms with E-state index in [9.17, 15) is 9.59 Å². The van der Waals surface area contributed by atoms with Gasteiger partial charge in [0.25, 0.3) is 5.56 Å². The fourth-order valence-corrected chi connectivity index (χ4v) is 3.29. The van der Waals surface area contributed by atoms with E-state index in [-0.39, 0.29) is 11.3 Å². The summed E-state index contributed by atoms with van der Waals surface area (Å²) in [5.74, 6) is 0.759. The van der Waals surface area contributed by atoms with Crippen molar-refractivity contribution in [2.75, 3.05) is 13.7 Å². The van der Waals surface area contributed by atoms with Crippen LogP contribution < -0.4 is 5.56 Å². The Balaban J connectivity index is 2.59. The molecule has 0 atom stereocenters. The maximum atomic E-state index is 12.7. The van der Waals surface area contributed by atoms with E-state index in [4.69, 9.17) is 4.74 Å². The van der Waals surface area contributed by atoms with Gasteiger partial charge in [-0.2, -0.15) is 0 Å². The first-order valence-corrected chi connectivity index (χ1v) is 7.75. The predicted molar refractivity (Wildman–Crippen MR) is 84.2 cm³/mol. The van der Waals surface area contributed by atoms with Crippen molar-refractivity contribution in [1.29, 1.82) is 0 Å². The Morgan fingerprint density at radius 1 is 1.38 bits per heavy atom. The monoisotopic (exact) mass is 308 g/mol. The van der Waals surface area contributed by atoms with Crippen molar-refractivity contribution in [2.45, 2.75) is 40.2 Å². The zero-order valence-corrected chi connectivity index (χ0v) is 13.7. The maximum absolute atomic E-state index is 12.7. The fourth-order valence-electron chi connectivity index (χ4n) is 2.25. The van der Waals surface area contributed by atoms with Gasteiger partial charge in [-0.1, -0.05) is 0 Å². The van der Waals surface area contributed by atoms with Crippen LogP contribution in [0.4, 0.5) is 0 Å². The average Bonchev–Trinajstić information content (AvgIpc) is 2.70. The average molecular weight is 308 g/mol. The number of methoxy groups -OCH3 is 1. The summed E-state index contributed by atoms with van der Waals surface area (Å²) in [5, 5.41) is 0.683. The van der Waals surface area contributed by atoms with Crippen LogP contribution in [-0.2, 0) is 22.5 Å². The molecule has 0 radical (unpaired) electrons. The minimum absolute atomic E-state index is 0.0470. The molecule has 114 valence electrons. The highest BCUT2D eigenvalue weighted by Crippen LogP contribution is 2.26. The minimum atomic E-state index is -0.0470. The van der Waals surface area contributed by atoms with Crippen molar-refractivity contribution in [3.8, 4) is 0 Å². The third kappa shape index (κ3) is 3.22. The Kier molecular flexibility index (Phi) is 4.90. The SMILES string of the molecule is COCCc1nc2sc(C)c(C)c2c(=O)n1CCC(C)=O. The molecule has 5 nitrogen and oxygen atoms in total. The zero-order chi connectivity index (χ0) is 15.6.